The lowest BCUT2D eigenvalue weighted by molar-refractivity contribution is -0.510. The van der Waals surface area contributed by atoms with Crippen molar-refractivity contribution in [1.29, 1.82) is 0 Å². The highest BCUT2D eigenvalue weighted by Gasteiger charge is 2.56. The van der Waals surface area contributed by atoms with E-state index in [2.05, 4.69) is 67.0 Å². The second-order valence-corrected chi connectivity index (χ2v) is 14.0. The Labute approximate surface area is 283 Å². The van der Waals surface area contributed by atoms with Crippen LogP contribution in [0.5, 0.6) is 0 Å². The number of aromatic nitrogens is 2. The fourth-order valence-electron chi connectivity index (χ4n) is 8.57. The molecule has 0 bridgehead atoms. The highest BCUT2D eigenvalue weighted by Crippen LogP contribution is 2.52. The quantitative estimate of drug-likeness (QED) is 0.202. The van der Waals surface area contributed by atoms with E-state index in [-0.39, 0.29) is 17.3 Å². The molecule has 1 saturated heterocycles. The maximum absolute atomic E-state index is 12.4. The third-order valence-corrected chi connectivity index (χ3v) is 11.4. The van der Waals surface area contributed by atoms with Gasteiger partial charge >= 0.3 is 5.97 Å². The number of aliphatic imine (C=N–C) groups is 2. The SMILES string of the molecule is C=C1N=C(/C=C2N=C(/C=c3\[nH]/c(=C\c4[nH]c(C)c(C(=O)OC)c4C)c(CC)c3C)C(CCCl)=C\2C)C(C)C12CCCC2=[N+]1CCCC1. The number of carbonyl (C=O) groups excluding carboxylic acids is 1. The van der Waals surface area contributed by atoms with Crippen molar-refractivity contribution in [2.75, 3.05) is 26.1 Å². The van der Waals surface area contributed by atoms with E-state index in [1.807, 2.05) is 13.8 Å². The van der Waals surface area contributed by atoms with E-state index in [1.54, 1.807) is 5.71 Å². The molecule has 6 rings (SSSR count). The van der Waals surface area contributed by atoms with Crippen molar-refractivity contribution >= 4 is 46.9 Å². The molecule has 248 valence electrons. The summed E-state index contributed by atoms with van der Waals surface area (Å²) in [4.78, 5) is 29.8. The molecule has 8 heteroatoms. The van der Waals surface area contributed by atoms with Gasteiger partial charge in [0.15, 0.2) is 5.71 Å². The third kappa shape index (κ3) is 5.54. The molecule has 2 aromatic heterocycles. The molecule has 0 radical (unpaired) electrons. The molecule has 2 unspecified atom stereocenters. The van der Waals surface area contributed by atoms with Crippen molar-refractivity contribution in [2.24, 2.45) is 21.3 Å². The molecule has 2 atom stereocenters. The molecule has 5 heterocycles. The van der Waals surface area contributed by atoms with Crippen molar-refractivity contribution in [2.45, 2.75) is 86.5 Å². The van der Waals surface area contributed by atoms with Crippen LogP contribution < -0.4 is 10.7 Å². The smallest absolute Gasteiger partial charge is 0.339 e. The van der Waals surface area contributed by atoms with E-state index < -0.39 is 0 Å². The van der Waals surface area contributed by atoms with Crippen LogP contribution in [0.3, 0.4) is 0 Å². The molecule has 4 aliphatic rings. The van der Waals surface area contributed by atoms with Crippen LogP contribution in [0.2, 0.25) is 0 Å². The molecule has 0 amide bonds. The van der Waals surface area contributed by atoms with Crippen LogP contribution in [-0.2, 0) is 11.2 Å². The molecule has 0 aromatic carbocycles. The molecule has 1 saturated carbocycles. The number of nitrogens with zero attached hydrogens (tertiary/aromatic N) is 3. The molecule has 47 heavy (non-hydrogen) atoms. The molecule has 2 fully saturated rings. The third-order valence-electron chi connectivity index (χ3n) is 11.2. The number of esters is 1. The van der Waals surface area contributed by atoms with Gasteiger partial charge in [-0.3, -0.25) is 4.99 Å². The second-order valence-electron chi connectivity index (χ2n) is 13.6. The lowest BCUT2D eigenvalue weighted by Gasteiger charge is -2.28. The molecule has 7 nitrogen and oxygen atoms in total. The summed E-state index contributed by atoms with van der Waals surface area (Å²) in [6, 6.07) is 0. The summed E-state index contributed by atoms with van der Waals surface area (Å²) in [5.74, 6) is 0.463. The van der Waals surface area contributed by atoms with Crippen molar-refractivity contribution in [3.8, 4) is 0 Å². The molecule has 2 aromatic rings. The topological polar surface area (TPSA) is 85.6 Å². The summed E-state index contributed by atoms with van der Waals surface area (Å²) >= 11 is 6.36. The number of hydrogen-bond donors (Lipinski definition) is 2. The standard InChI is InChI=1S/C39H48ClN5O2/c1-9-28-22(2)31(43-34(28)21-32-24(4)37(26(6)41-32)38(46)47-8)20-35-29(14-16-40)23(3)30(44-35)19-33-25(5)39(27(7)42-33)15-12-13-36(39)45-17-10-11-18-45/h19-21,25H,7,9-18H2,1-6,8H3,(H-,41,42,43,44,46)/p+1. The van der Waals surface area contributed by atoms with Crippen LogP contribution in [0.1, 0.15) is 97.7 Å². The second kappa shape index (κ2) is 13.1. The van der Waals surface area contributed by atoms with Crippen LogP contribution in [0.4, 0.5) is 0 Å². The van der Waals surface area contributed by atoms with Crippen molar-refractivity contribution in [1.82, 2.24) is 9.97 Å². The van der Waals surface area contributed by atoms with Crippen molar-refractivity contribution in [3.05, 3.63) is 79.5 Å². The van der Waals surface area contributed by atoms with Gasteiger partial charge in [-0.2, -0.15) is 0 Å². The zero-order valence-electron chi connectivity index (χ0n) is 29.1. The first-order valence-corrected chi connectivity index (χ1v) is 17.7. The minimum absolute atomic E-state index is 0.0525. The number of nitrogens with one attached hydrogen (secondary N) is 2. The minimum Gasteiger partial charge on any atom is -0.465 e. The number of aryl methyl sites for hydroxylation is 1. The fourth-order valence-corrected chi connectivity index (χ4v) is 8.76. The van der Waals surface area contributed by atoms with Gasteiger partial charge in [0, 0.05) is 58.9 Å². The number of H-pyrrole nitrogens is 2. The summed E-state index contributed by atoms with van der Waals surface area (Å²) in [6.07, 6.45) is 14.1. The maximum atomic E-state index is 12.4. The average molecular weight is 655 g/mol. The number of rotatable bonds is 7. The summed E-state index contributed by atoms with van der Waals surface area (Å²) in [6.45, 7) is 19.5. The first-order valence-electron chi connectivity index (χ1n) is 17.2. The number of ether oxygens (including phenoxy) is 1. The van der Waals surface area contributed by atoms with Crippen LogP contribution in [-0.4, -0.2) is 63.7 Å². The van der Waals surface area contributed by atoms with Gasteiger partial charge in [0.25, 0.3) is 0 Å². The Morgan fingerprint density at radius 1 is 1.06 bits per heavy atom. The first-order chi connectivity index (χ1) is 22.5. The summed E-state index contributed by atoms with van der Waals surface area (Å²) in [5, 5.41) is 2.04. The number of hydrogen-bond acceptors (Lipinski definition) is 4. The van der Waals surface area contributed by atoms with E-state index in [4.69, 9.17) is 26.3 Å². The number of carbonyl (C=O) groups is 1. The Balaban J connectivity index is 1.40. The highest BCUT2D eigenvalue weighted by atomic mass is 35.5. The largest absolute Gasteiger partial charge is 0.465 e. The Hall–Kier alpha value is -3.71. The number of halogens is 1. The van der Waals surface area contributed by atoms with Crippen LogP contribution in [0.25, 0.3) is 12.2 Å². The van der Waals surface area contributed by atoms with Gasteiger partial charge in [0.1, 0.15) is 13.1 Å². The average Bonchev–Trinajstić information content (AvgIpc) is 3.89. The monoisotopic (exact) mass is 654 g/mol. The number of allylic oxidation sites excluding steroid dienone is 4. The lowest BCUT2D eigenvalue weighted by atomic mass is 9.71. The molecular weight excluding hydrogens is 606 g/mol. The Morgan fingerprint density at radius 3 is 2.49 bits per heavy atom. The lowest BCUT2D eigenvalue weighted by Crippen LogP contribution is -2.38. The maximum Gasteiger partial charge on any atom is 0.339 e. The van der Waals surface area contributed by atoms with E-state index >= 15 is 0 Å². The zero-order valence-corrected chi connectivity index (χ0v) is 29.9. The zero-order chi connectivity index (χ0) is 33.6. The number of alkyl halides is 1. The highest BCUT2D eigenvalue weighted by molar-refractivity contribution is 6.25. The number of aromatic amines is 2. The van der Waals surface area contributed by atoms with E-state index in [0.29, 0.717) is 11.4 Å². The Morgan fingerprint density at radius 2 is 1.81 bits per heavy atom. The molecule has 3 aliphatic heterocycles. The van der Waals surface area contributed by atoms with Gasteiger partial charge in [-0.05, 0) is 99.4 Å². The van der Waals surface area contributed by atoms with Gasteiger partial charge in [0.05, 0.1) is 35.2 Å². The van der Waals surface area contributed by atoms with Crippen molar-refractivity contribution < 1.29 is 14.1 Å². The molecular formula is C39H49ClN5O2+. The summed E-state index contributed by atoms with van der Waals surface area (Å²) in [5.41, 5.74) is 13.4. The van der Waals surface area contributed by atoms with Crippen LogP contribution in [0, 0.1) is 32.1 Å². The molecule has 2 N–H and O–H groups in total. The molecule has 1 spiro atoms. The Kier molecular flexibility index (Phi) is 9.23. The van der Waals surface area contributed by atoms with Gasteiger partial charge < -0.3 is 14.7 Å². The summed E-state index contributed by atoms with van der Waals surface area (Å²) in [7, 11) is 1.42. The van der Waals surface area contributed by atoms with Gasteiger partial charge in [0.2, 0.25) is 0 Å². The summed E-state index contributed by atoms with van der Waals surface area (Å²) < 4.78 is 7.66. The van der Waals surface area contributed by atoms with Gasteiger partial charge in [-0.15, -0.1) is 11.6 Å². The minimum atomic E-state index is -0.328. The normalized spacial score (nSPS) is 24.6. The van der Waals surface area contributed by atoms with E-state index in [9.17, 15) is 4.79 Å². The van der Waals surface area contributed by atoms with E-state index in [1.165, 1.54) is 43.1 Å². The predicted octanol–water partition coefficient (Wildman–Crippen LogP) is 6.53. The van der Waals surface area contributed by atoms with Gasteiger partial charge in [-0.25, -0.2) is 14.4 Å². The van der Waals surface area contributed by atoms with E-state index in [0.717, 1.165) is 94.8 Å². The Bertz CT molecular complexity index is 1940. The van der Waals surface area contributed by atoms with Crippen LogP contribution in [0.15, 0.2) is 45.2 Å². The predicted molar refractivity (Wildman–Crippen MR) is 194 cm³/mol. The van der Waals surface area contributed by atoms with Gasteiger partial charge in [-0.1, -0.05) is 20.4 Å². The number of methoxy groups -OCH3 is 1. The first kappa shape index (κ1) is 33.2. The van der Waals surface area contributed by atoms with Crippen LogP contribution >= 0.6 is 11.6 Å². The van der Waals surface area contributed by atoms with Crippen molar-refractivity contribution in [3.63, 3.8) is 0 Å². The molecule has 1 aliphatic carbocycles. The fraction of sp³-hybridized carbons (Fsp3) is 0.487.